The highest BCUT2D eigenvalue weighted by Crippen LogP contribution is 2.30. The van der Waals surface area contributed by atoms with Gasteiger partial charge < -0.3 is 10.1 Å². The summed E-state index contributed by atoms with van der Waals surface area (Å²) >= 11 is 0. The number of Topliss-reactive ketones (excluding diaryl/α,β-unsaturated/α-hetero) is 1. The van der Waals surface area contributed by atoms with Gasteiger partial charge in [-0.1, -0.05) is 18.2 Å². The quantitative estimate of drug-likeness (QED) is 0.604. The summed E-state index contributed by atoms with van der Waals surface area (Å²) in [4.78, 5) is 30.4. The van der Waals surface area contributed by atoms with Crippen molar-refractivity contribution in [3.8, 4) is 0 Å². The predicted molar refractivity (Wildman–Crippen MR) is 101 cm³/mol. The third-order valence-corrected chi connectivity index (χ3v) is 4.51. The molecule has 2 N–H and O–H groups in total. The zero-order valence-electron chi connectivity index (χ0n) is 14.8. The van der Waals surface area contributed by atoms with E-state index in [0.29, 0.717) is 5.82 Å². The zero-order valence-corrected chi connectivity index (χ0v) is 14.8. The fourth-order valence-corrected chi connectivity index (χ4v) is 3.21. The Bertz CT molecular complexity index is 890. The zero-order chi connectivity index (χ0) is 18.5. The lowest BCUT2D eigenvalue weighted by Crippen LogP contribution is -2.08. The van der Waals surface area contributed by atoms with Gasteiger partial charge in [0.05, 0.1) is 0 Å². The highest BCUT2D eigenvalue weighted by molar-refractivity contribution is 5.95. The van der Waals surface area contributed by atoms with Crippen LogP contribution in [-0.2, 0) is 11.2 Å². The van der Waals surface area contributed by atoms with Crippen molar-refractivity contribution in [2.75, 3.05) is 0 Å². The van der Waals surface area contributed by atoms with Crippen molar-refractivity contribution in [3.63, 3.8) is 0 Å². The van der Waals surface area contributed by atoms with Crippen molar-refractivity contribution >= 4 is 23.4 Å². The van der Waals surface area contributed by atoms with Crippen LogP contribution in [0.25, 0.3) is 11.6 Å². The number of rotatable bonds is 6. The Labute approximate surface area is 152 Å². The van der Waals surface area contributed by atoms with Crippen LogP contribution >= 0.6 is 0 Å². The Balaban J connectivity index is 1.93. The minimum Gasteiger partial charge on any atom is -0.478 e. The predicted octanol–water partition coefficient (Wildman–Crippen LogP) is 4.20. The number of carboxylic acids is 1. The lowest BCUT2D eigenvalue weighted by Gasteiger charge is -2.17. The number of aliphatic carboxylic acids is 1. The molecule has 0 fully saturated rings. The van der Waals surface area contributed by atoms with Gasteiger partial charge >= 0.3 is 5.97 Å². The molecule has 0 amide bonds. The Hall–Kier alpha value is -2.95. The molecule has 0 aliphatic heterocycles. The number of aromatic nitrogens is 2. The summed E-state index contributed by atoms with van der Waals surface area (Å²) in [6.07, 6.45) is 11.2. The molecule has 0 atom stereocenters. The molecule has 1 aliphatic carbocycles. The summed E-state index contributed by atoms with van der Waals surface area (Å²) in [5.74, 6) is -0.651. The van der Waals surface area contributed by atoms with Crippen LogP contribution in [0.1, 0.15) is 58.7 Å². The number of benzene rings is 1. The number of nitrogens with zero attached hydrogens (tertiary/aromatic N) is 1. The number of aryl methyl sites for hydroxylation is 1. The molecule has 134 valence electrons. The summed E-state index contributed by atoms with van der Waals surface area (Å²) in [6, 6.07) is 5.74. The Kier molecular flexibility index (Phi) is 5.46. The topological polar surface area (TPSA) is 83.1 Å². The molecule has 0 unspecified atom stereocenters. The molecule has 2 aromatic rings. The third-order valence-electron chi connectivity index (χ3n) is 4.51. The largest absolute Gasteiger partial charge is 0.478 e. The van der Waals surface area contributed by atoms with Crippen LogP contribution < -0.4 is 0 Å². The average Bonchev–Trinajstić information content (AvgIpc) is 3.08. The van der Waals surface area contributed by atoms with Crippen LogP contribution in [0.15, 0.2) is 36.5 Å². The van der Waals surface area contributed by atoms with E-state index in [1.807, 2.05) is 25.1 Å². The van der Waals surface area contributed by atoms with E-state index in [4.69, 9.17) is 5.11 Å². The molecule has 1 heterocycles. The second-order valence-electron chi connectivity index (χ2n) is 6.58. The van der Waals surface area contributed by atoms with Crippen LogP contribution in [0.5, 0.6) is 0 Å². The van der Waals surface area contributed by atoms with Crippen LogP contribution in [0.2, 0.25) is 0 Å². The van der Waals surface area contributed by atoms with Gasteiger partial charge in [-0.15, -0.1) is 0 Å². The molecule has 26 heavy (non-hydrogen) atoms. The first-order chi connectivity index (χ1) is 12.5. The van der Waals surface area contributed by atoms with Gasteiger partial charge in [0.2, 0.25) is 5.78 Å². The number of hydrogen-bond acceptors (Lipinski definition) is 3. The van der Waals surface area contributed by atoms with Crippen molar-refractivity contribution in [1.82, 2.24) is 9.97 Å². The van der Waals surface area contributed by atoms with E-state index in [1.54, 1.807) is 12.3 Å². The number of H-pyrrole nitrogens is 1. The maximum Gasteiger partial charge on any atom is 0.328 e. The monoisotopic (exact) mass is 350 g/mol. The van der Waals surface area contributed by atoms with Gasteiger partial charge in [0, 0.05) is 24.4 Å². The summed E-state index contributed by atoms with van der Waals surface area (Å²) < 4.78 is 0. The molecule has 0 saturated carbocycles. The number of hydrogen-bond donors (Lipinski definition) is 2. The normalized spacial score (nSPS) is 14.4. The molecular weight excluding hydrogens is 328 g/mol. The van der Waals surface area contributed by atoms with Crippen LogP contribution in [0.4, 0.5) is 0 Å². The van der Waals surface area contributed by atoms with E-state index in [0.717, 1.165) is 47.7 Å². The number of imidazole rings is 1. The van der Waals surface area contributed by atoms with E-state index in [-0.39, 0.29) is 12.2 Å². The smallest absolute Gasteiger partial charge is 0.328 e. The number of allylic oxidation sites excluding steroid dienone is 2. The van der Waals surface area contributed by atoms with E-state index < -0.39 is 5.97 Å². The van der Waals surface area contributed by atoms with Gasteiger partial charge in [-0.3, -0.25) is 4.79 Å². The lowest BCUT2D eigenvalue weighted by atomic mass is 9.88. The molecule has 0 saturated heterocycles. The molecule has 3 rings (SSSR count). The van der Waals surface area contributed by atoms with Crippen LogP contribution in [0.3, 0.4) is 0 Å². The van der Waals surface area contributed by atoms with Crippen molar-refractivity contribution in [3.05, 3.63) is 64.8 Å². The Morgan fingerprint density at radius 2 is 2.15 bits per heavy atom. The first-order valence-electron chi connectivity index (χ1n) is 8.81. The molecule has 0 bridgehead atoms. The van der Waals surface area contributed by atoms with Gasteiger partial charge in [0.1, 0.15) is 0 Å². The maximum absolute atomic E-state index is 12.6. The third kappa shape index (κ3) is 4.36. The summed E-state index contributed by atoms with van der Waals surface area (Å²) in [6.45, 7) is 1.87. The fourth-order valence-electron chi connectivity index (χ4n) is 3.21. The Morgan fingerprint density at radius 3 is 2.81 bits per heavy atom. The molecule has 5 nitrogen and oxygen atoms in total. The summed E-state index contributed by atoms with van der Waals surface area (Å²) in [7, 11) is 0. The van der Waals surface area contributed by atoms with Gasteiger partial charge in [-0.05, 0) is 67.0 Å². The summed E-state index contributed by atoms with van der Waals surface area (Å²) in [5.41, 5.74) is 4.90. The minimum absolute atomic E-state index is 0.0513. The van der Waals surface area contributed by atoms with Crippen molar-refractivity contribution in [2.45, 2.75) is 39.0 Å². The first kappa shape index (κ1) is 17.9. The van der Waals surface area contributed by atoms with E-state index in [2.05, 4.69) is 16.0 Å². The van der Waals surface area contributed by atoms with Crippen LogP contribution in [0, 0.1) is 6.92 Å². The van der Waals surface area contributed by atoms with Crippen molar-refractivity contribution < 1.29 is 14.7 Å². The number of carbonyl (C=O) groups excluding carboxylic acids is 1. The number of carbonyl (C=O) groups is 2. The highest BCUT2D eigenvalue weighted by atomic mass is 16.4. The van der Waals surface area contributed by atoms with Gasteiger partial charge in [0.15, 0.2) is 5.82 Å². The molecule has 0 radical (unpaired) electrons. The molecule has 1 aliphatic rings. The van der Waals surface area contributed by atoms with Crippen LogP contribution in [-0.4, -0.2) is 26.8 Å². The van der Waals surface area contributed by atoms with Gasteiger partial charge in [-0.2, -0.15) is 0 Å². The highest BCUT2D eigenvalue weighted by Gasteiger charge is 2.16. The van der Waals surface area contributed by atoms with E-state index in [9.17, 15) is 9.59 Å². The molecule has 1 aromatic carbocycles. The van der Waals surface area contributed by atoms with Gasteiger partial charge in [-0.25, -0.2) is 9.78 Å². The second-order valence-corrected chi connectivity index (χ2v) is 6.58. The number of carboxylic acid groups (broad SMARTS) is 1. The van der Waals surface area contributed by atoms with E-state index >= 15 is 0 Å². The average molecular weight is 350 g/mol. The number of nitrogens with one attached hydrogen (secondary N) is 1. The molecular formula is C21H22N2O3. The molecule has 5 heteroatoms. The van der Waals surface area contributed by atoms with Gasteiger partial charge in [0.25, 0.3) is 0 Å². The van der Waals surface area contributed by atoms with E-state index in [1.165, 1.54) is 12.0 Å². The first-order valence-corrected chi connectivity index (χ1v) is 8.81. The lowest BCUT2D eigenvalue weighted by molar-refractivity contribution is -0.131. The summed E-state index contributed by atoms with van der Waals surface area (Å²) in [5, 5.41) is 8.84. The van der Waals surface area contributed by atoms with Crippen molar-refractivity contribution in [1.29, 1.82) is 0 Å². The Morgan fingerprint density at radius 1 is 1.31 bits per heavy atom. The second kappa shape index (κ2) is 7.95. The van der Waals surface area contributed by atoms with Crippen molar-refractivity contribution in [2.24, 2.45) is 0 Å². The SMILES string of the molecule is Cc1cnc(C(=O)Cc2ccc(/C=C/C(=O)O)cc2C2=CCCCC2)[nH]1. The number of aromatic amines is 1. The fraction of sp³-hybridized carbons (Fsp3) is 0.286. The number of ketones is 1. The minimum atomic E-state index is -0.976. The maximum atomic E-state index is 12.6. The molecule has 0 spiro atoms. The molecule has 1 aromatic heterocycles. The standard InChI is InChI=1S/C21H22N2O3/c1-14-13-22-21(23-14)19(24)12-17-9-7-15(8-10-20(25)26)11-18(17)16-5-3-2-4-6-16/h5,7-11,13H,2-4,6,12H2,1H3,(H,22,23)(H,25,26)/b10-8+.